The molecule has 3 aromatic rings. The fourth-order valence-electron chi connectivity index (χ4n) is 1.88. The first kappa shape index (κ1) is 12.0. The number of halogens is 1. The molecule has 1 heterocycles. The number of anilines is 1. The standard InChI is InChI=1S/C15H11BrN2O/c16-10-3-5-11(6-4-10)19-14-8-7-13(17)12-2-1-9-18-15(12)14/h1-9H,17H2. The Hall–Kier alpha value is -2.07. The lowest BCUT2D eigenvalue weighted by molar-refractivity contribution is 0.487. The van der Waals surface area contributed by atoms with Crippen LogP contribution in [0.1, 0.15) is 0 Å². The average Bonchev–Trinajstić information content (AvgIpc) is 2.45. The van der Waals surface area contributed by atoms with E-state index in [4.69, 9.17) is 10.5 Å². The van der Waals surface area contributed by atoms with Gasteiger partial charge in [0.05, 0.1) is 0 Å². The van der Waals surface area contributed by atoms with Crippen LogP contribution in [0.2, 0.25) is 0 Å². The molecule has 3 nitrogen and oxygen atoms in total. The zero-order chi connectivity index (χ0) is 13.2. The van der Waals surface area contributed by atoms with Crippen LogP contribution in [0.15, 0.2) is 59.2 Å². The Morgan fingerprint density at radius 3 is 2.58 bits per heavy atom. The Morgan fingerprint density at radius 2 is 1.79 bits per heavy atom. The minimum Gasteiger partial charge on any atom is -0.455 e. The Labute approximate surface area is 119 Å². The van der Waals surface area contributed by atoms with Crippen molar-refractivity contribution in [1.29, 1.82) is 0 Å². The van der Waals surface area contributed by atoms with E-state index in [9.17, 15) is 0 Å². The molecule has 3 rings (SSSR count). The Morgan fingerprint density at radius 1 is 1.00 bits per heavy atom. The van der Waals surface area contributed by atoms with Crippen LogP contribution in [0, 0.1) is 0 Å². The zero-order valence-corrected chi connectivity index (χ0v) is 11.6. The molecule has 94 valence electrons. The average molecular weight is 315 g/mol. The van der Waals surface area contributed by atoms with E-state index in [0.717, 1.165) is 21.1 Å². The smallest absolute Gasteiger partial charge is 0.153 e. The van der Waals surface area contributed by atoms with Gasteiger partial charge in [-0.25, -0.2) is 0 Å². The molecule has 0 saturated heterocycles. The summed E-state index contributed by atoms with van der Waals surface area (Å²) < 4.78 is 6.88. The summed E-state index contributed by atoms with van der Waals surface area (Å²) in [5, 5.41) is 0.900. The third kappa shape index (κ3) is 2.39. The van der Waals surface area contributed by atoms with E-state index in [0.29, 0.717) is 11.4 Å². The molecule has 0 fully saturated rings. The summed E-state index contributed by atoms with van der Waals surface area (Å²) in [4.78, 5) is 4.34. The predicted octanol–water partition coefficient (Wildman–Crippen LogP) is 4.37. The molecule has 19 heavy (non-hydrogen) atoms. The fraction of sp³-hybridized carbons (Fsp3) is 0. The number of nitrogens with zero attached hydrogens (tertiary/aromatic N) is 1. The van der Waals surface area contributed by atoms with Gasteiger partial charge in [-0.3, -0.25) is 4.98 Å². The first-order chi connectivity index (χ1) is 9.24. The second-order valence-corrected chi connectivity index (χ2v) is 5.02. The number of benzene rings is 2. The van der Waals surface area contributed by atoms with E-state index in [1.165, 1.54) is 0 Å². The van der Waals surface area contributed by atoms with Crippen LogP contribution < -0.4 is 10.5 Å². The Bertz CT molecular complexity index is 726. The molecule has 1 aromatic heterocycles. The zero-order valence-electron chi connectivity index (χ0n) is 10.0. The van der Waals surface area contributed by atoms with E-state index < -0.39 is 0 Å². The maximum Gasteiger partial charge on any atom is 0.153 e. The highest BCUT2D eigenvalue weighted by Crippen LogP contribution is 2.31. The minimum atomic E-state index is 0.700. The molecule has 2 aromatic carbocycles. The number of rotatable bonds is 2. The van der Waals surface area contributed by atoms with Crippen LogP contribution in [-0.2, 0) is 0 Å². The van der Waals surface area contributed by atoms with Crippen molar-refractivity contribution in [1.82, 2.24) is 4.98 Å². The molecule has 0 atom stereocenters. The van der Waals surface area contributed by atoms with Gasteiger partial charge in [-0.15, -0.1) is 0 Å². The van der Waals surface area contributed by atoms with E-state index in [1.807, 2.05) is 48.5 Å². The van der Waals surface area contributed by atoms with Crippen LogP contribution >= 0.6 is 15.9 Å². The minimum absolute atomic E-state index is 0.700. The number of fused-ring (bicyclic) bond motifs is 1. The Balaban J connectivity index is 2.06. The lowest BCUT2D eigenvalue weighted by atomic mass is 10.1. The number of nitrogens with two attached hydrogens (primary N) is 1. The van der Waals surface area contributed by atoms with Gasteiger partial charge in [0.15, 0.2) is 5.75 Å². The number of hydrogen-bond acceptors (Lipinski definition) is 3. The summed E-state index contributed by atoms with van der Waals surface area (Å²) >= 11 is 3.40. The molecule has 0 saturated carbocycles. The van der Waals surface area contributed by atoms with E-state index in [1.54, 1.807) is 6.20 Å². The second-order valence-electron chi connectivity index (χ2n) is 4.11. The van der Waals surface area contributed by atoms with Crippen molar-refractivity contribution in [3.63, 3.8) is 0 Å². The maximum absolute atomic E-state index is 5.94. The van der Waals surface area contributed by atoms with Crippen molar-refractivity contribution in [2.24, 2.45) is 0 Å². The molecule has 0 amide bonds. The monoisotopic (exact) mass is 314 g/mol. The van der Waals surface area contributed by atoms with Crippen molar-refractivity contribution in [2.45, 2.75) is 0 Å². The molecule has 0 radical (unpaired) electrons. The maximum atomic E-state index is 5.94. The largest absolute Gasteiger partial charge is 0.455 e. The fourth-order valence-corrected chi connectivity index (χ4v) is 2.15. The van der Waals surface area contributed by atoms with Crippen LogP contribution in [0.5, 0.6) is 11.5 Å². The van der Waals surface area contributed by atoms with E-state index >= 15 is 0 Å². The Kier molecular flexibility index (Phi) is 3.09. The van der Waals surface area contributed by atoms with Gasteiger partial charge in [-0.05, 0) is 48.5 Å². The number of pyridine rings is 1. The molecule has 0 bridgehead atoms. The lowest BCUT2D eigenvalue weighted by Gasteiger charge is -2.09. The summed E-state index contributed by atoms with van der Waals surface area (Å²) in [7, 11) is 0. The van der Waals surface area contributed by atoms with Gasteiger partial charge in [-0.1, -0.05) is 15.9 Å². The number of aromatic nitrogens is 1. The molecular formula is C15H11BrN2O. The summed E-state index contributed by atoms with van der Waals surface area (Å²) in [6.07, 6.45) is 1.73. The van der Waals surface area contributed by atoms with Crippen LogP contribution in [0.3, 0.4) is 0 Å². The number of hydrogen-bond donors (Lipinski definition) is 1. The second kappa shape index (κ2) is 4.90. The summed E-state index contributed by atoms with van der Waals surface area (Å²) in [6.45, 7) is 0. The lowest BCUT2D eigenvalue weighted by Crippen LogP contribution is -1.92. The topological polar surface area (TPSA) is 48.1 Å². The first-order valence-corrected chi connectivity index (χ1v) is 6.60. The van der Waals surface area contributed by atoms with Gasteiger partial charge in [0.25, 0.3) is 0 Å². The van der Waals surface area contributed by atoms with Crippen molar-refractivity contribution in [2.75, 3.05) is 5.73 Å². The van der Waals surface area contributed by atoms with Gasteiger partial charge in [0, 0.05) is 21.7 Å². The normalized spacial score (nSPS) is 10.6. The van der Waals surface area contributed by atoms with E-state index in [-0.39, 0.29) is 0 Å². The molecule has 0 aliphatic rings. The molecule has 4 heteroatoms. The molecule has 2 N–H and O–H groups in total. The van der Waals surface area contributed by atoms with Gasteiger partial charge in [0.2, 0.25) is 0 Å². The summed E-state index contributed by atoms with van der Waals surface area (Å²) in [5.74, 6) is 1.46. The third-order valence-electron chi connectivity index (χ3n) is 2.81. The van der Waals surface area contributed by atoms with Gasteiger partial charge < -0.3 is 10.5 Å². The van der Waals surface area contributed by atoms with E-state index in [2.05, 4.69) is 20.9 Å². The predicted molar refractivity (Wildman–Crippen MR) is 80.4 cm³/mol. The van der Waals surface area contributed by atoms with Gasteiger partial charge in [0.1, 0.15) is 11.3 Å². The molecule has 0 aliphatic heterocycles. The molecule has 0 spiro atoms. The number of ether oxygens (including phenoxy) is 1. The highest BCUT2D eigenvalue weighted by atomic mass is 79.9. The highest BCUT2D eigenvalue weighted by Gasteiger charge is 2.07. The summed E-state index contributed by atoms with van der Waals surface area (Å²) in [5.41, 5.74) is 7.41. The van der Waals surface area contributed by atoms with Crippen LogP contribution in [0.4, 0.5) is 5.69 Å². The first-order valence-electron chi connectivity index (χ1n) is 5.81. The van der Waals surface area contributed by atoms with Gasteiger partial charge >= 0.3 is 0 Å². The van der Waals surface area contributed by atoms with Crippen molar-refractivity contribution in [3.8, 4) is 11.5 Å². The van der Waals surface area contributed by atoms with Crippen molar-refractivity contribution < 1.29 is 4.74 Å². The van der Waals surface area contributed by atoms with Crippen molar-refractivity contribution in [3.05, 3.63) is 59.2 Å². The number of nitrogen functional groups attached to an aromatic ring is 1. The molecule has 0 unspecified atom stereocenters. The quantitative estimate of drug-likeness (QED) is 0.714. The SMILES string of the molecule is Nc1ccc(Oc2ccc(Br)cc2)c2ncccc12. The van der Waals surface area contributed by atoms with Crippen LogP contribution in [0.25, 0.3) is 10.9 Å². The highest BCUT2D eigenvalue weighted by molar-refractivity contribution is 9.10. The van der Waals surface area contributed by atoms with Crippen molar-refractivity contribution >= 4 is 32.5 Å². The summed E-state index contributed by atoms with van der Waals surface area (Å²) in [6, 6.07) is 15.1. The third-order valence-corrected chi connectivity index (χ3v) is 3.34. The molecular weight excluding hydrogens is 304 g/mol. The van der Waals surface area contributed by atoms with Crippen LogP contribution in [-0.4, -0.2) is 4.98 Å². The van der Waals surface area contributed by atoms with Gasteiger partial charge in [-0.2, -0.15) is 0 Å². The molecule has 0 aliphatic carbocycles.